The second kappa shape index (κ2) is 12.8. The van der Waals surface area contributed by atoms with Crippen molar-refractivity contribution in [3.05, 3.63) is 0 Å². The molecule has 0 aromatic heterocycles. The average molecular weight is 285 g/mol. The predicted molar refractivity (Wildman–Crippen MR) is 83.9 cm³/mol. The van der Waals surface area contributed by atoms with Crippen molar-refractivity contribution in [3.63, 3.8) is 0 Å². The van der Waals surface area contributed by atoms with E-state index in [0.717, 1.165) is 24.8 Å². The molecule has 0 spiro atoms. The molecule has 0 fully saturated rings. The zero-order valence-electron chi connectivity index (χ0n) is 13.5. The highest BCUT2D eigenvalue weighted by Crippen LogP contribution is 2.08. The van der Waals surface area contributed by atoms with Crippen LogP contribution in [0.2, 0.25) is 0 Å². The number of methoxy groups -OCH3 is 1. The van der Waals surface area contributed by atoms with Gasteiger partial charge < -0.3 is 15.4 Å². The molecular weight excluding hydrogens is 254 g/mol. The third kappa shape index (κ3) is 11.8. The monoisotopic (exact) mass is 285 g/mol. The number of unbranched alkanes of at least 4 members (excludes halogenated alkanes) is 3. The predicted octanol–water partition coefficient (Wildman–Crippen LogP) is 2.32. The van der Waals surface area contributed by atoms with Crippen LogP contribution in [0.4, 0.5) is 0 Å². The van der Waals surface area contributed by atoms with Gasteiger partial charge in [-0.05, 0) is 12.3 Å². The van der Waals surface area contributed by atoms with E-state index in [1.54, 1.807) is 7.05 Å². The van der Waals surface area contributed by atoms with Gasteiger partial charge in [-0.3, -0.25) is 9.79 Å². The number of aliphatic imine (C=N–C) groups is 1. The lowest BCUT2D eigenvalue weighted by atomic mass is 10.0. The van der Waals surface area contributed by atoms with Crippen LogP contribution in [0.1, 0.15) is 52.4 Å². The molecule has 5 nitrogen and oxygen atoms in total. The van der Waals surface area contributed by atoms with Gasteiger partial charge in [-0.2, -0.15) is 0 Å². The molecule has 0 amide bonds. The molecule has 0 unspecified atom stereocenters. The summed E-state index contributed by atoms with van der Waals surface area (Å²) in [6.45, 7) is 6.00. The van der Waals surface area contributed by atoms with E-state index in [1.807, 2.05) is 0 Å². The van der Waals surface area contributed by atoms with Crippen molar-refractivity contribution < 1.29 is 9.53 Å². The Labute approximate surface area is 123 Å². The van der Waals surface area contributed by atoms with Gasteiger partial charge in [0.05, 0.1) is 13.5 Å². The second-order valence-electron chi connectivity index (χ2n) is 5.35. The van der Waals surface area contributed by atoms with Crippen molar-refractivity contribution in [2.24, 2.45) is 10.9 Å². The van der Waals surface area contributed by atoms with Crippen molar-refractivity contribution in [1.82, 2.24) is 10.6 Å². The van der Waals surface area contributed by atoms with Gasteiger partial charge in [-0.25, -0.2) is 0 Å². The molecule has 0 aromatic rings. The lowest BCUT2D eigenvalue weighted by Gasteiger charge is -2.11. The maximum absolute atomic E-state index is 11.0. The Morgan fingerprint density at radius 3 is 2.35 bits per heavy atom. The molecule has 0 heterocycles. The number of nitrogens with one attached hydrogen (secondary N) is 2. The molecule has 5 heteroatoms. The van der Waals surface area contributed by atoms with Crippen LogP contribution < -0.4 is 10.6 Å². The van der Waals surface area contributed by atoms with E-state index in [4.69, 9.17) is 0 Å². The lowest BCUT2D eigenvalue weighted by Crippen LogP contribution is -2.38. The van der Waals surface area contributed by atoms with Crippen LogP contribution in [0.3, 0.4) is 0 Å². The summed E-state index contributed by atoms with van der Waals surface area (Å²) >= 11 is 0. The summed E-state index contributed by atoms with van der Waals surface area (Å²) in [6.07, 6.45) is 6.70. The number of hydrogen-bond acceptors (Lipinski definition) is 3. The van der Waals surface area contributed by atoms with Crippen LogP contribution in [0.15, 0.2) is 4.99 Å². The van der Waals surface area contributed by atoms with Crippen molar-refractivity contribution >= 4 is 11.9 Å². The first-order valence-corrected chi connectivity index (χ1v) is 7.61. The van der Waals surface area contributed by atoms with Gasteiger partial charge in [0.2, 0.25) is 0 Å². The van der Waals surface area contributed by atoms with Gasteiger partial charge in [0.15, 0.2) is 5.96 Å². The number of guanidine groups is 1. The van der Waals surface area contributed by atoms with Gasteiger partial charge in [-0.15, -0.1) is 0 Å². The highest BCUT2D eigenvalue weighted by molar-refractivity contribution is 5.80. The zero-order chi connectivity index (χ0) is 15.2. The van der Waals surface area contributed by atoms with Crippen LogP contribution in [0, 0.1) is 5.92 Å². The Morgan fingerprint density at radius 1 is 1.10 bits per heavy atom. The van der Waals surface area contributed by atoms with E-state index in [2.05, 4.69) is 34.2 Å². The van der Waals surface area contributed by atoms with Gasteiger partial charge in [0.25, 0.3) is 0 Å². The second-order valence-corrected chi connectivity index (χ2v) is 5.35. The molecule has 118 valence electrons. The molecule has 0 aliphatic carbocycles. The van der Waals surface area contributed by atoms with Crippen molar-refractivity contribution in [2.75, 3.05) is 27.2 Å². The summed E-state index contributed by atoms with van der Waals surface area (Å²) < 4.78 is 4.58. The van der Waals surface area contributed by atoms with Gasteiger partial charge in [0.1, 0.15) is 0 Å². The molecule has 0 rings (SSSR count). The zero-order valence-corrected chi connectivity index (χ0v) is 13.5. The molecule has 2 N–H and O–H groups in total. The molecule has 0 bridgehead atoms. The van der Waals surface area contributed by atoms with Crippen molar-refractivity contribution in [1.29, 1.82) is 0 Å². The maximum Gasteiger partial charge on any atom is 0.307 e. The van der Waals surface area contributed by atoms with Crippen LogP contribution in [-0.4, -0.2) is 39.2 Å². The third-order valence-corrected chi connectivity index (χ3v) is 3.07. The number of nitrogens with zero attached hydrogens (tertiary/aromatic N) is 1. The Bertz CT molecular complexity index is 278. The van der Waals surface area contributed by atoms with Crippen LogP contribution >= 0.6 is 0 Å². The first-order valence-electron chi connectivity index (χ1n) is 7.61. The number of hydrogen-bond donors (Lipinski definition) is 2. The van der Waals surface area contributed by atoms with Crippen LogP contribution in [0.25, 0.3) is 0 Å². The summed E-state index contributed by atoms with van der Waals surface area (Å²) in [5, 5.41) is 6.34. The van der Waals surface area contributed by atoms with Gasteiger partial charge in [-0.1, -0.05) is 39.5 Å². The van der Waals surface area contributed by atoms with Gasteiger partial charge in [0, 0.05) is 20.1 Å². The molecule has 0 atom stereocenters. The molecule has 20 heavy (non-hydrogen) atoms. The molecule has 0 saturated heterocycles. The molecule has 0 radical (unpaired) electrons. The Kier molecular flexibility index (Phi) is 12.0. The number of ether oxygens (including phenoxy) is 1. The largest absolute Gasteiger partial charge is 0.469 e. The summed E-state index contributed by atoms with van der Waals surface area (Å²) in [5.74, 6) is 1.35. The number of esters is 1. The molecule has 0 saturated carbocycles. The minimum Gasteiger partial charge on any atom is -0.469 e. The van der Waals surface area contributed by atoms with E-state index in [9.17, 15) is 4.79 Å². The number of carbonyl (C=O) groups excluding carboxylic acids is 1. The molecule has 0 aliphatic rings. The van der Waals surface area contributed by atoms with Crippen LogP contribution in [0.5, 0.6) is 0 Å². The summed E-state index contributed by atoms with van der Waals surface area (Å²) in [5.41, 5.74) is 0. The summed E-state index contributed by atoms with van der Waals surface area (Å²) in [7, 11) is 3.13. The first kappa shape index (κ1) is 18.7. The molecule has 0 aliphatic heterocycles. The van der Waals surface area contributed by atoms with E-state index in [-0.39, 0.29) is 5.97 Å². The Balaban J connectivity index is 3.49. The summed E-state index contributed by atoms with van der Waals surface area (Å²) in [6, 6.07) is 0. The topological polar surface area (TPSA) is 62.7 Å². The average Bonchev–Trinajstić information content (AvgIpc) is 2.43. The standard InChI is InChI=1S/C15H31N3O2/c1-13(2)9-7-5-6-8-11-17-15(16-3)18-12-10-14(19)20-4/h13H,5-12H2,1-4H3,(H2,16,17,18). The Hall–Kier alpha value is -1.26. The normalized spacial score (nSPS) is 11.6. The lowest BCUT2D eigenvalue weighted by molar-refractivity contribution is -0.140. The number of carbonyl (C=O) groups is 1. The minimum absolute atomic E-state index is 0.210. The third-order valence-electron chi connectivity index (χ3n) is 3.07. The fraction of sp³-hybridized carbons (Fsp3) is 0.867. The highest BCUT2D eigenvalue weighted by Gasteiger charge is 2.01. The fourth-order valence-electron chi connectivity index (χ4n) is 1.84. The molecule has 0 aromatic carbocycles. The highest BCUT2D eigenvalue weighted by atomic mass is 16.5. The SMILES string of the molecule is CN=C(NCCCCCCC(C)C)NCCC(=O)OC. The van der Waals surface area contributed by atoms with Crippen molar-refractivity contribution in [2.45, 2.75) is 52.4 Å². The van der Waals surface area contributed by atoms with Crippen LogP contribution in [-0.2, 0) is 9.53 Å². The molecular formula is C15H31N3O2. The first-order chi connectivity index (χ1) is 9.60. The smallest absolute Gasteiger partial charge is 0.307 e. The quantitative estimate of drug-likeness (QED) is 0.280. The van der Waals surface area contributed by atoms with E-state index in [1.165, 1.54) is 32.8 Å². The van der Waals surface area contributed by atoms with Crippen molar-refractivity contribution in [3.8, 4) is 0 Å². The van der Waals surface area contributed by atoms with Gasteiger partial charge >= 0.3 is 5.97 Å². The summed E-state index contributed by atoms with van der Waals surface area (Å²) in [4.78, 5) is 15.1. The Morgan fingerprint density at radius 2 is 1.75 bits per heavy atom. The van der Waals surface area contributed by atoms with E-state index in [0.29, 0.717) is 13.0 Å². The van der Waals surface area contributed by atoms with E-state index >= 15 is 0 Å². The number of rotatable bonds is 10. The fourth-order valence-corrected chi connectivity index (χ4v) is 1.84. The minimum atomic E-state index is -0.210. The maximum atomic E-state index is 11.0. The van der Waals surface area contributed by atoms with E-state index < -0.39 is 0 Å².